The zero-order chi connectivity index (χ0) is 22.7. The minimum atomic E-state index is 0.0693. The molecule has 5 heteroatoms. The van der Waals surface area contributed by atoms with Crippen LogP contribution in [0.15, 0.2) is 35.7 Å². The van der Waals surface area contributed by atoms with E-state index in [9.17, 15) is 9.59 Å². The molecule has 32 heavy (non-hydrogen) atoms. The number of amides is 2. The van der Waals surface area contributed by atoms with Crippen LogP contribution in [0.4, 0.5) is 0 Å². The first-order valence-corrected chi connectivity index (χ1v) is 12.4. The first-order valence-electron chi connectivity index (χ1n) is 12.4. The molecule has 1 aromatic rings. The number of fused-ring (bicyclic) bond motifs is 5. The number of rotatable bonds is 3. The molecule has 6 atom stereocenters. The Labute approximate surface area is 192 Å². The van der Waals surface area contributed by atoms with Crippen LogP contribution in [-0.2, 0) is 16.1 Å². The second-order valence-corrected chi connectivity index (χ2v) is 11.3. The Kier molecular flexibility index (Phi) is 5.22. The largest absolute Gasteiger partial charge is 0.350 e. The second kappa shape index (κ2) is 7.71. The van der Waals surface area contributed by atoms with Gasteiger partial charge >= 0.3 is 0 Å². The Bertz CT molecular complexity index is 957. The van der Waals surface area contributed by atoms with Crippen LogP contribution in [-0.4, -0.2) is 28.7 Å². The van der Waals surface area contributed by atoms with Gasteiger partial charge in [-0.2, -0.15) is 0 Å². The third-order valence-electron chi connectivity index (χ3n) is 9.80. The summed E-state index contributed by atoms with van der Waals surface area (Å²) in [4.78, 5) is 32.0. The van der Waals surface area contributed by atoms with Gasteiger partial charge in [-0.1, -0.05) is 25.5 Å². The van der Waals surface area contributed by atoms with Gasteiger partial charge in [-0.25, -0.2) is 0 Å². The summed E-state index contributed by atoms with van der Waals surface area (Å²) in [6, 6.07) is 5.83. The monoisotopic (exact) mass is 435 g/mol. The molecule has 0 radical (unpaired) electrons. The summed E-state index contributed by atoms with van der Waals surface area (Å²) >= 11 is 0. The highest BCUT2D eigenvalue weighted by Crippen LogP contribution is 2.66. The summed E-state index contributed by atoms with van der Waals surface area (Å²) in [5.74, 6) is 2.38. The molecule has 2 heterocycles. The Morgan fingerprint density at radius 1 is 1.19 bits per heavy atom. The molecule has 0 spiro atoms. The Balaban J connectivity index is 1.37. The van der Waals surface area contributed by atoms with Crippen LogP contribution in [0.3, 0.4) is 0 Å². The van der Waals surface area contributed by atoms with Crippen molar-refractivity contribution in [2.45, 2.75) is 72.3 Å². The predicted octanol–water partition coefficient (Wildman–Crippen LogP) is 4.69. The highest BCUT2D eigenvalue weighted by atomic mass is 16.2. The normalized spacial score (nSPS) is 38.8. The van der Waals surface area contributed by atoms with Gasteiger partial charge in [-0.05, 0) is 80.8 Å². The number of hydrogen-bond donors (Lipinski definition) is 1. The van der Waals surface area contributed by atoms with Gasteiger partial charge in [-0.15, -0.1) is 0 Å². The van der Waals surface area contributed by atoms with Gasteiger partial charge in [-0.3, -0.25) is 14.6 Å². The first-order chi connectivity index (χ1) is 15.3. The smallest absolute Gasteiger partial charge is 0.226 e. The summed E-state index contributed by atoms with van der Waals surface area (Å²) in [5, 5.41) is 3.19. The summed E-state index contributed by atoms with van der Waals surface area (Å²) in [7, 11) is 1.98. The molecule has 172 valence electrons. The van der Waals surface area contributed by atoms with Crippen molar-refractivity contribution in [1.82, 2.24) is 15.2 Å². The molecule has 5 rings (SSSR count). The van der Waals surface area contributed by atoms with Crippen LogP contribution in [0, 0.1) is 34.5 Å². The third kappa shape index (κ3) is 3.14. The first kappa shape index (κ1) is 21.7. The van der Waals surface area contributed by atoms with Crippen LogP contribution >= 0.6 is 0 Å². The average Bonchev–Trinajstić information content (AvgIpc) is 3.13. The minimum Gasteiger partial charge on any atom is -0.350 e. The summed E-state index contributed by atoms with van der Waals surface area (Å²) in [5.41, 5.74) is 3.78. The van der Waals surface area contributed by atoms with Crippen molar-refractivity contribution in [3.05, 3.63) is 41.4 Å². The van der Waals surface area contributed by atoms with Crippen molar-refractivity contribution in [3.63, 3.8) is 0 Å². The van der Waals surface area contributed by atoms with E-state index in [0.29, 0.717) is 30.7 Å². The molecule has 1 saturated heterocycles. The molecule has 2 amide bonds. The molecule has 0 aromatic carbocycles. The van der Waals surface area contributed by atoms with Gasteiger partial charge in [0.05, 0.1) is 12.2 Å². The number of likely N-dealkylation sites (tertiary alicyclic amines) is 1. The molecule has 3 aliphatic carbocycles. The average molecular weight is 436 g/mol. The number of hydrogen-bond acceptors (Lipinski definition) is 3. The molecule has 0 bridgehead atoms. The Morgan fingerprint density at radius 2 is 2.00 bits per heavy atom. The van der Waals surface area contributed by atoms with E-state index in [0.717, 1.165) is 44.2 Å². The van der Waals surface area contributed by atoms with Crippen molar-refractivity contribution in [2.75, 3.05) is 7.05 Å². The van der Waals surface area contributed by atoms with E-state index in [1.807, 2.05) is 30.1 Å². The standard InChI is InChI=1S/C27H37N3O2/c1-17-15-19-20-8-9-22(25(32)29-16-18-7-5-6-14-28-18)26(20,2)12-10-21(19)27(3)13-11-23(31)30(4)24(17)27/h5-7,14,19-22H,8-13,15-16H2,1-4H3,(H,29,32)/t19-,20-,21+,22?,26-,27+/m0/s1. The predicted molar refractivity (Wildman–Crippen MR) is 124 cm³/mol. The molecular weight excluding hydrogens is 398 g/mol. The fourth-order valence-corrected chi connectivity index (χ4v) is 8.34. The van der Waals surface area contributed by atoms with E-state index >= 15 is 0 Å². The van der Waals surface area contributed by atoms with Gasteiger partial charge < -0.3 is 10.2 Å². The summed E-state index contributed by atoms with van der Waals surface area (Å²) in [6.45, 7) is 7.56. The van der Waals surface area contributed by atoms with Crippen LogP contribution in [0.2, 0.25) is 0 Å². The molecule has 3 fully saturated rings. The molecule has 1 N–H and O–H groups in total. The lowest BCUT2D eigenvalue weighted by Crippen LogP contribution is -2.55. The Hall–Kier alpha value is -2.17. The van der Waals surface area contributed by atoms with Crippen LogP contribution in [0.25, 0.3) is 0 Å². The lowest BCUT2D eigenvalue weighted by atomic mass is 9.48. The Morgan fingerprint density at radius 3 is 2.75 bits per heavy atom. The van der Waals surface area contributed by atoms with Crippen molar-refractivity contribution in [2.24, 2.45) is 34.5 Å². The van der Waals surface area contributed by atoms with E-state index in [-0.39, 0.29) is 28.6 Å². The van der Waals surface area contributed by atoms with Crippen LogP contribution < -0.4 is 5.32 Å². The van der Waals surface area contributed by atoms with E-state index in [1.54, 1.807) is 6.20 Å². The van der Waals surface area contributed by atoms with Crippen molar-refractivity contribution < 1.29 is 9.59 Å². The van der Waals surface area contributed by atoms with Gasteiger partial charge in [0.25, 0.3) is 0 Å². The van der Waals surface area contributed by atoms with E-state index < -0.39 is 0 Å². The van der Waals surface area contributed by atoms with Gasteiger partial charge in [0.15, 0.2) is 0 Å². The van der Waals surface area contributed by atoms with E-state index in [2.05, 4.69) is 31.1 Å². The summed E-state index contributed by atoms with van der Waals surface area (Å²) in [6.07, 6.45) is 8.90. The molecule has 4 aliphatic rings. The van der Waals surface area contributed by atoms with Crippen LogP contribution in [0.5, 0.6) is 0 Å². The van der Waals surface area contributed by atoms with Crippen molar-refractivity contribution in [3.8, 4) is 0 Å². The number of carbonyl (C=O) groups is 2. The SMILES string of the molecule is CC1=C2N(C)C(=O)CC[C@]2(C)[C@@H]2CC[C@]3(C)C(C(=O)NCc4ccccn4)CC[C@H]3[C@@H]2C1. The number of nitrogens with zero attached hydrogens (tertiary/aromatic N) is 2. The molecule has 1 aliphatic heterocycles. The maximum absolute atomic E-state index is 13.3. The third-order valence-corrected chi connectivity index (χ3v) is 9.80. The van der Waals surface area contributed by atoms with Gasteiger partial charge in [0, 0.05) is 36.7 Å². The molecule has 1 unspecified atom stereocenters. The lowest BCUT2D eigenvalue weighted by molar-refractivity contribution is -0.138. The number of allylic oxidation sites excluding steroid dienone is 2. The second-order valence-electron chi connectivity index (χ2n) is 11.3. The number of carbonyl (C=O) groups excluding carboxylic acids is 2. The number of aromatic nitrogens is 1. The molecule has 5 nitrogen and oxygen atoms in total. The molecular formula is C27H37N3O2. The maximum atomic E-state index is 13.3. The fourth-order valence-electron chi connectivity index (χ4n) is 8.34. The zero-order valence-electron chi connectivity index (χ0n) is 20.0. The highest BCUT2D eigenvalue weighted by Gasteiger charge is 2.61. The van der Waals surface area contributed by atoms with Gasteiger partial charge in [0.1, 0.15) is 0 Å². The van der Waals surface area contributed by atoms with Gasteiger partial charge in [0.2, 0.25) is 11.8 Å². The van der Waals surface area contributed by atoms with Crippen LogP contribution in [0.1, 0.15) is 71.4 Å². The highest BCUT2D eigenvalue weighted by molar-refractivity contribution is 5.80. The van der Waals surface area contributed by atoms with Crippen molar-refractivity contribution >= 4 is 11.8 Å². The topological polar surface area (TPSA) is 62.3 Å². The molecule has 1 aromatic heterocycles. The maximum Gasteiger partial charge on any atom is 0.226 e. The quantitative estimate of drug-likeness (QED) is 0.749. The number of pyridine rings is 1. The lowest BCUT2D eigenvalue weighted by Gasteiger charge is -2.59. The fraction of sp³-hybridized carbons (Fsp3) is 0.667. The van der Waals surface area contributed by atoms with E-state index in [1.165, 1.54) is 11.3 Å². The number of piperidine rings is 1. The minimum absolute atomic E-state index is 0.0693. The number of nitrogens with one attached hydrogen (secondary N) is 1. The zero-order valence-corrected chi connectivity index (χ0v) is 20.0. The molecule has 2 saturated carbocycles. The summed E-state index contributed by atoms with van der Waals surface area (Å²) < 4.78 is 0. The van der Waals surface area contributed by atoms with Crippen molar-refractivity contribution in [1.29, 1.82) is 0 Å². The van der Waals surface area contributed by atoms with E-state index in [4.69, 9.17) is 0 Å².